The molecule has 0 fully saturated rings. The molecular formula is C22H24N2O5S. The number of methoxy groups -OCH3 is 1. The molecule has 1 N–H and O–H groups in total. The number of ether oxygens (including phenoxy) is 1. The molecule has 0 unspecified atom stereocenters. The van der Waals surface area contributed by atoms with E-state index in [1.54, 1.807) is 36.3 Å². The van der Waals surface area contributed by atoms with Crippen LogP contribution in [0.3, 0.4) is 0 Å². The summed E-state index contributed by atoms with van der Waals surface area (Å²) >= 11 is 0. The van der Waals surface area contributed by atoms with E-state index in [0.29, 0.717) is 19.7 Å². The summed E-state index contributed by atoms with van der Waals surface area (Å²) in [6.07, 6.45) is 0.991. The van der Waals surface area contributed by atoms with Crippen LogP contribution in [-0.2, 0) is 21.4 Å². The molecule has 0 saturated heterocycles. The van der Waals surface area contributed by atoms with Crippen LogP contribution in [0, 0.1) is 0 Å². The number of urea groups is 1. The lowest BCUT2D eigenvalue weighted by Crippen LogP contribution is -2.36. The number of anilines is 1. The molecule has 0 aliphatic rings. The van der Waals surface area contributed by atoms with Crippen LogP contribution < -0.4 is 9.50 Å². The highest BCUT2D eigenvalue weighted by molar-refractivity contribution is 7.86. The van der Waals surface area contributed by atoms with Crippen LogP contribution >= 0.6 is 0 Å². The molecule has 2 amide bonds. The minimum Gasteiger partial charge on any atom is -0.383 e. The SMILES string of the molecule is COCCN(Cc1ccc(OS(C)(=O)=O)cc1)C(=O)Nc1cccc2ccccc12. The molecule has 3 aromatic rings. The van der Waals surface area contributed by atoms with Crippen molar-refractivity contribution in [3.05, 3.63) is 72.3 Å². The van der Waals surface area contributed by atoms with Crippen molar-refractivity contribution < 1.29 is 22.1 Å². The van der Waals surface area contributed by atoms with Gasteiger partial charge in [-0.15, -0.1) is 0 Å². The third-order valence-corrected chi connectivity index (χ3v) is 4.92. The van der Waals surface area contributed by atoms with E-state index in [1.165, 1.54) is 0 Å². The van der Waals surface area contributed by atoms with Crippen LogP contribution in [0.5, 0.6) is 5.75 Å². The molecule has 7 nitrogen and oxygen atoms in total. The van der Waals surface area contributed by atoms with Gasteiger partial charge in [0.05, 0.1) is 18.6 Å². The number of hydrogen-bond donors (Lipinski definition) is 1. The van der Waals surface area contributed by atoms with Crippen molar-refractivity contribution in [1.82, 2.24) is 4.90 Å². The van der Waals surface area contributed by atoms with Gasteiger partial charge in [0.25, 0.3) is 0 Å². The third-order valence-electron chi connectivity index (χ3n) is 4.43. The van der Waals surface area contributed by atoms with Gasteiger partial charge in [0.1, 0.15) is 5.75 Å². The summed E-state index contributed by atoms with van der Waals surface area (Å²) in [4.78, 5) is 14.6. The van der Waals surface area contributed by atoms with Crippen LogP contribution in [0.1, 0.15) is 5.56 Å². The van der Waals surface area contributed by atoms with Crippen molar-refractivity contribution in [3.63, 3.8) is 0 Å². The Hall–Kier alpha value is -3.10. The number of nitrogens with one attached hydrogen (secondary N) is 1. The second-order valence-electron chi connectivity index (χ2n) is 6.80. The molecule has 0 aliphatic carbocycles. The zero-order valence-electron chi connectivity index (χ0n) is 16.9. The van der Waals surface area contributed by atoms with E-state index in [1.807, 2.05) is 42.5 Å². The predicted octanol–water partition coefficient (Wildman–Crippen LogP) is 3.86. The summed E-state index contributed by atoms with van der Waals surface area (Å²) in [7, 11) is -2.00. The fourth-order valence-electron chi connectivity index (χ4n) is 3.03. The first-order chi connectivity index (χ1) is 14.4. The van der Waals surface area contributed by atoms with E-state index in [0.717, 1.165) is 28.3 Å². The third kappa shape index (κ3) is 5.95. The topological polar surface area (TPSA) is 84.9 Å². The zero-order chi connectivity index (χ0) is 21.6. The fourth-order valence-corrected chi connectivity index (χ4v) is 3.49. The monoisotopic (exact) mass is 428 g/mol. The Labute approximate surface area is 176 Å². The van der Waals surface area contributed by atoms with Gasteiger partial charge in [0.15, 0.2) is 0 Å². The molecule has 158 valence electrons. The largest absolute Gasteiger partial charge is 0.383 e. The maximum Gasteiger partial charge on any atom is 0.322 e. The predicted molar refractivity (Wildman–Crippen MR) is 117 cm³/mol. The van der Waals surface area contributed by atoms with Gasteiger partial charge in [0, 0.05) is 25.6 Å². The molecule has 0 aromatic heterocycles. The molecule has 8 heteroatoms. The maximum atomic E-state index is 13.0. The lowest BCUT2D eigenvalue weighted by atomic mass is 10.1. The first kappa shape index (κ1) is 21.6. The van der Waals surface area contributed by atoms with Crippen molar-refractivity contribution >= 4 is 32.6 Å². The molecule has 3 rings (SSSR count). The average molecular weight is 429 g/mol. The number of carbonyl (C=O) groups is 1. The van der Waals surface area contributed by atoms with Crippen molar-refractivity contribution in [3.8, 4) is 5.75 Å². The molecule has 0 atom stereocenters. The number of benzene rings is 3. The first-order valence-corrected chi connectivity index (χ1v) is 11.2. The Morgan fingerprint density at radius 1 is 1.00 bits per heavy atom. The smallest absolute Gasteiger partial charge is 0.322 e. The van der Waals surface area contributed by atoms with Crippen molar-refractivity contribution in [1.29, 1.82) is 0 Å². The highest BCUT2D eigenvalue weighted by Gasteiger charge is 2.15. The molecule has 0 saturated carbocycles. The Morgan fingerprint density at radius 3 is 2.40 bits per heavy atom. The summed E-state index contributed by atoms with van der Waals surface area (Å²) in [5.41, 5.74) is 1.57. The van der Waals surface area contributed by atoms with Gasteiger partial charge in [-0.05, 0) is 29.1 Å². The highest BCUT2D eigenvalue weighted by atomic mass is 32.2. The Morgan fingerprint density at radius 2 is 1.70 bits per heavy atom. The fraction of sp³-hybridized carbons (Fsp3) is 0.227. The van der Waals surface area contributed by atoms with Gasteiger partial charge < -0.3 is 19.1 Å². The number of hydrogen-bond acceptors (Lipinski definition) is 5. The first-order valence-electron chi connectivity index (χ1n) is 9.37. The summed E-state index contributed by atoms with van der Waals surface area (Å²) < 4.78 is 32.5. The van der Waals surface area contributed by atoms with Gasteiger partial charge in [-0.25, -0.2) is 4.79 Å². The van der Waals surface area contributed by atoms with Gasteiger partial charge in [0.2, 0.25) is 0 Å². The normalized spacial score (nSPS) is 11.3. The average Bonchev–Trinajstić information content (AvgIpc) is 2.71. The van der Waals surface area contributed by atoms with Crippen LogP contribution in [0.2, 0.25) is 0 Å². The molecule has 30 heavy (non-hydrogen) atoms. The van der Waals surface area contributed by atoms with E-state index >= 15 is 0 Å². The number of nitrogens with zero attached hydrogens (tertiary/aromatic N) is 1. The second kappa shape index (κ2) is 9.60. The summed E-state index contributed by atoms with van der Waals surface area (Å²) in [6.45, 7) is 1.12. The molecular weight excluding hydrogens is 404 g/mol. The van der Waals surface area contributed by atoms with E-state index < -0.39 is 10.1 Å². The van der Waals surface area contributed by atoms with E-state index in [4.69, 9.17) is 8.92 Å². The Bertz CT molecular complexity index is 1110. The molecule has 0 spiro atoms. The van der Waals surface area contributed by atoms with Crippen molar-refractivity contribution in [2.45, 2.75) is 6.54 Å². The van der Waals surface area contributed by atoms with Gasteiger partial charge in [-0.2, -0.15) is 8.42 Å². The second-order valence-corrected chi connectivity index (χ2v) is 8.38. The summed E-state index contributed by atoms with van der Waals surface area (Å²) in [5.74, 6) is 0.227. The van der Waals surface area contributed by atoms with Gasteiger partial charge in [-0.1, -0.05) is 48.5 Å². The van der Waals surface area contributed by atoms with Crippen LogP contribution in [-0.4, -0.2) is 45.9 Å². The zero-order valence-corrected chi connectivity index (χ0v) is 17.7. The van der Waals surface area contributed by atoms with E-state index in [2.05, 4.69) is 5.32 Å². The van der Waals surface area contributed by atoms with E-state index in [-0.39, 0.29) is 11.8 Å². The molecule has 0 radical (unpaired) electrons. The minimum atomic E-state index is -3.58. The molecule has 0 bridgehead atoms. The highest BCUT2D eigenvalue weighted by Crippen LogP contribution is 2.23. The van der Waals surface area contributed by atoms with Crippen LogP contribution in [0.4, 0.5) is 10.5 Å². The number of rotatable bonds is 8. The van der Waals surface area contributed by atoms with Crippen LogP contribution in [0.15, 0.2) is 66.7 Å². The quantitative estimate of drug-likeness (QED) is 0.551. The minimum absolute atomic E-state index is 0.227. The number of carbonyl (C=O) groups excluding carboxylic acids is 1. The summed E-state index contributed by atoms with van der Waals surface area (Å²) in [5, 5.41) is 4.99. The molecule has 0 aliphatic heterocycles. The van der Waals surface area contributed by atoms with Crippen LogP contribution in [0.25, 0.3) is 10.8 Å². The Balaban J connectivity index is 1.75. The summed E-state index contributed by atoms with van der Waals surface area (Å²) in [6, 6.07) is 19.9. The van der Waals surface area contributed by atoms with E-state index in [9.17, 15) is 13.2 Å². The number of fused-ring (bicyclic) bond motifs is 1. The van der Waals surface area contributed by atoms with Crippen molar-refractivity contribution in [2.75, 3.05) is 31.8 Å². The number of amides is 2. The Kier molecular flexibility index (Phi) is 6.91. The van der Waals surface area contributed by atoms with Gasteiger partial charge in [-0.3, -0.25) is 0 Å². The standard InChI is InChI=1S/C22H24N2O5S/c1-28-15-14-24(16-17-10-12-19(13-11-17)29-30(2,26)27)22(25)23-21-9-5-7-18-6-3-4-8-20(18)21/h3-13H,14-16H2,1-2H3,(H,23,25). The molecule has 0 heterocycles. The van der Waals surface area contributed by atoms with Crippen molar-refractivity contribution in [2.24, 2.45) is 0 Å². The molecule has 3 aromatic carbocycles. The lowest BCUT2D eigenvalue weighted by molar-refractivity contribution is 0.153. The maximum absolute atomic E-state index is 13.0. The van der Waals surface area contributed by atoms with Gasteiger partial charge >= 0.3 is 16.1 Å². The lowest BCUT2D eigenvalue weighted by Gasteiger charge is -2.23.